The van der Waals surface area contributed by atoms with Crippen molar-refractivity contribution in [3.05, 3.63) is 36.1 Å². The van der Waals surface area contributed by atoms with Gasteiger partial charge in [-0.3, -0.25) is 4.90 Å². The lowest BCUT2D eigenvalue weighted by molar-refractivity contribution is -0.738. The Balaban J connectivity index is 0.00000161. The molecule has 3 rings (SSSR count). The van der Waals surface area contributed by atoms with Crippen LogP contribution in [-0.2, 0) is 14.1 Å². The minimum absolute atomic E-state index is 0. The van der Waals surface area contributed by atoms with Gasteiger partial charge in [0.25, 0.3) is 5.82 Å². The van der Waals surface area contributed by atoms with E-state index in [2.05, 4.69) is 27.4 Å². The van der Waals surface area contributed by atoms with Crippen molar-refractivity contribution < 1.29 is 33.0 Å². The van der Waals surface area contributed by atoms with Gasteiger partial charge in [0.2, 0.25) is 0 Å². The first-order valence-electron chi connectivity index (χ1n) is 7.24. The van der Waals surface area contributed by atoms with Crippen molar-refractivity contribution in [1.29, 1.82) is 0 Å². The van der Waals surface area contributed by atoms with Crippen LogP contribution in [0.4, 0.5) is 10.2 Å². The topological polar surface area (TPSA) is 12.1 Å². The van der Waals surface area contributed by atoms with Gasteiger partial charge in [0, 0.05) is 12.6 Å². The van der Waals surface area contributed by atoms with Crippen LogP contribution in [0.2, 0.25) is 0 Å². The van der Waals surface area contributed by atoms with Gasteiger partial charge in [0.1, 0.15) is 12.9 Å². The number of aromatic nitrogens is 2. The Morgan fingerprint density at radius 2 is 1.67 bits per heavy atom. The molecule has 1 fully saturated rings. The predicted molar refractivity (Wildman–Crippen MR) is 78.0 cm³/mol. The van der Waals surface area contributed by atoms with Gasteiger partial charge in [-0.25, -0.2) is 9.07 Å². The number of nitrogens with zero attached hydrogens (tertiary/aromatic N) is 3. The summed E-state index contributed by atoms with van der Waals surface area (Å²) < 4.78 is 17.4. The Bertz CT molecular complexity index is 601. The SMILES string of the molecule is Cn1c(-c2ccc(F)cc2)cc(N2CCCCC2)[n+]1C.[I-]. The summed E-state index contributed by atoms with van der Waals surface area (Å²) in [7, 11) is 4.13. The summed E-state index contributed by atoms with van der Waals surface area (Å²) in [4.78, 5) is 2.44. The Hall–Kier alpha value is -1.11. The van der Waals surface area contributed by atoms with Crippen molar-refractivity contribution in [2.24, 2.45) is 14.1 Å². The number of halogens is 2. The summed E-state index contributed by atoms with van der Waals surface area (Å²) in [6.07, 6.45) is 3.86. The third-order valence-electron chi connectivity index (χ3n) is 4.22. The first kappa shape index (κ1) is 16.3. The van der Waals surface area contributed by atoms with Gasteiger partial charge in [-0.1, -0.05) is 0 Å². The van der Waals surface area contributed by atoms with Gasteiger partial charge in [0.05, 0.1) is 24.8 Å². The van der Waals surface area contributed by atoms with E-state index in [9.17, 15) is 4.39 Å². The van der Waals surface area contributed by atoms with E-state index in [0.717, 1.165) is 24.3 Å². The van der Waals surface area contributed by atoms with Gasteiger partial charge < -0.3 is 24.0 Å². The second-order valence-corrected chi connectivity index (χ2v) is 5.49. The standard InChI is InChI=1S/C16H21FN3.HI/c1-18-15(13-6-8-14(17)9-7-13)12-16(19(18)2)20-10-4-3-5-11-20;/h6-9,12H,3-5,10-11H2,1-2H3;1H/q+1;/p-1. The van der Waals surface area contributed by atoms with E-state index in [4.69, 9.17) is 0 Å². The molecule has 3 nitrogen and oxygen atoms in total. The number of hydrogen-bond acceptors (Lipinski definition) is 1. The molecular formula is C16H21FIN3. The third-order valence-corrected chi connectivity index (χ3v) is 4.22. The molecule has 0 spiro atoms. The molecule has 21 heavy (non-hydrogen) atoms. The summed E-state index contributed by atoms with van der Waals surface area (Å²) >= 11 is 0. The molecule has 2 heterocycles. The van der Waals surface area contributed by atoms with E-state index in [-0.39, 0.29) is 29.8 Å². The molecule has 0 unspecified atom stereocenters. The zero-order valence-corrected chi connectivity index (χ0v) is 14.7. The Kier molecular flexibility index (Phi) is 5.24. The van der Waals surface area contributed by atoms with Crippen molar-refractivity contribution in [3.8, 4) is 11.3 Å². The average Bonchev–Trinajstić information content (AvgIpc) is 2.77. The van der Waals surface area contributed by atoms with Gasteiger partial charge in [-0.05, 0) is 43.5 Å². The molecule has 5 heteroatoms. The molecule has 0 bridgehead atoms. The van der Waals surface area contributed by atoms with E-state index in [1.54, 1.807) is 0 Å². The summed E-state index contributed by atoms with van der Waals surface area (Å²) in [5, 5.41) is 0. The minimum Gasteiger partial charge on any atom is -1.00 e. The van der Waals surface area contributed by atoms with Crippen LogP contribution in [-0.4, -0.2) is 17.8 Å². The maximum Gasteiger partial charge on any atom is 0.297 e. The van der Waals surface area contributed by atoms with Crippen molar-refractivity contribution in [3.63, 3.8) is 0 Å². The number of benzene rings is 1. The molecule has 1 saturated heterocycles. The quantitative estimate of drug-likeness (QED) is 0.495. The maximum absolute atomic E-state index is 13.1. The van der Waals surface area contributed by atoms with Gasteiger partial charge >= 0.3 is 0 Å². The van der Waals surface area contributed by atoms with Crippen molar-refractivity contribution in [1.82, 2.24) is 4.68 Å². The number of anilines is 1. The zero-order valence-electron chi connectivity index (χ0n) is 12.5. The molecule has 0 saturated carbocycles. The summed E-state index contributed by atoms with van der Waals surface area (Å²) in [5.74, 6) is 1.05. The highest BCUT2D eigenvalue weighted by molar-refractivity contribution is 5.62. The monoisotopic (exact) mass is 401 g/mol. The molecule has 2 aromatic rings. The second-order valence-electron chi connectivity index (χ2n) is 5.49. The van der Waals surface area contributed by atoms with Gasteiger partial charge in [-0.2, -0.15) is 4.68 Å². The van der Waals surface area contributed by atoms with E-state index in [1.807, 2.05) is 19.2 Å². The lowest BCUT2D eigenvalue weighted by atomic mass is 10.1. The molecule has 0 N–H and O–H groups in total. The molecule has 1 aliphatic rings. The number of hydrogen-bond donors (Lipinski definition) is 0. The smallest absolute Gasteiger partial charge is 0.297 e. The molecule has 114 valence electrons. The summed E-state index contributed by atoms with van der Waals surface area (Å²) in [6.45, 7) is 2.25. The molecule has 0 amide bonds. The first-order valence-corrected chi connectivity index (χ1v) is 7.24. The van der Waals surface area contributed by atoms with Crippen LogP contribution in [0, 0.1) is 5.82 Å². The van der Waals surface area contributed by atoms with Crippen LogP contribution in [0.5, 0.6) is 0 Å². The van der Waals surface area contributed by atoms with Crippen molar-refractivity contribution in [2.75, 3.05) is 18.0 Å². The summed E-state index contributed by atoms with van der Waals surface area (Å²) in [5.41, 5.74) is 2.17. The summed E-state index contributed by atoms with van der Waals surface area (Å²) in [6, 6.07) is 8.92. The third kappa shape index (κ3) is 3.22. The van der Waals surface area contributed by atoms with Crippen LogP contribution >= 0.6 is 0 Å². The Labute approximate surface area is 142 Å². The molecular weight excluding hydrogens is 380 g/mol. The highest BCUT2D eigenvalue weighted by atomic mass is 127. The predicted octanol–water partition coefficient (Wildman–Crippen LogP) is -0.350. The number of rotatable bonds is 2. The lowest BCUT2D eigenvalue weighted by Gasteiger charge is -2.20. The second kappa shape index (κ2) is 6.77. The lowest BCUT2D eigenvalue weighted by Crippen LogP contribution is -3.00. The van der Waals surface area contributed by atoms with Gasteiger partial charge in [0.15, 0.2) is 0 Å². The molecule has 0 radical (unpaired) electrons. The highest BCUT2D eigenvalue weighted by Crippen LogP contribution is 2.24. The van der Waals surface area contributed by atoms with E-state index in [0.29, 0.717) is 0 Å². The van der Waals surface area contributed by atoms with E-state index < -0.39 is 0 Å². The Morgan fingerprint density at radius 3 is 2.29 bits per heavy atom. The molecule has 1 aromatic heterocycles. The van der Waals surface area contributed by atoms with Crippen LogP contribution in [0.3, 0.4) is 0 Å². The minimum atomic E-state index is -0.191. The fraction of sp³-hybridized carbons (Fsp3) is 0.438. The first-order chi connectivity index (χ1) is 9.66. The van der Waals surface area contributed by atoms with Crippen LogP contribution < -0.4 is 33.6 Å². The van der Waals surface area contributed by atoms with Crippen LogP contribution in [0.1, 0.15) is 19.3 Å². The van der Waals surface area contributed by atoms with Crippen LogP contribution in [0.15, 0.2) is 30.3 Å². The van der Waals surface area contributed by atoms with E-state index in [1.165, 1.54) is 37.2 Å². The zero-order chi connectivity index (χ0) is 14.1. The molecule has 0 atom stereocenters. The van der Waals surface area contributed by atoms with Crippen LogP contribution in [0.25, 0.3) is 11.3 Å². The molecule has 1 aliphatic heterocycles. The average molecular weight is 401 g/mol. The van der Waals surface area contributed by atoms with Gasteiger partial charge in [-0.15, -0.1) is 0 Å². The normalized spacial score (nSPS) is 14.9. The molecule has 1 aromatic carbocycles. The van der Waals surface area contributed by atoms with Crippen molar-refractivity contribution in [2.45, 2.75) is 19.3 Å². The Morgan fingerprint density at radius 1 is 1.05 bits per heavy atom. The van der Waals surface area contributed by atoms with Crippen molar-refractivity contribution >= 4 is 5.82 Å². The molecule has 0 aliphatic carbocycles. The largest absolute Gasteiger partial charge is 1.00 e. The maximum atomic E-state index is 13.1. The fourth-order valence-corrected chi connectivity index (χ4v) is 2.93. The number of piperidine rings is 1. The van der Waals surface area contributed by atoms with E-state index >= 15 is 0 Å². The fourth-order valence-electron chi connectivity index (χ4n) is 2.93. The highest BCUT2D eigenvalue weighted by Gasteiger charge is 2.25.